The fourth-order valence-corrected chi connectivity index (χ4v) is 2.14. The molecule has 0 aliphatic carbocycles. The van der Waals surface area contributed by atoms with Gasteiger partial charge in [-0.25, -0.2) is 4.79 Å². The number of aliphatic imine (C=N–C) groups is 1. The number of carbonyl (C=O) groups is 2. The Bertz CT molecular complexity index is 805. The molecular formula is C21H23NO4. The minimum absolute atomic E-state index is 0.207. The summed E-state index contributed by atoms with van der Waals surface area (Å²) < 4.78 is 10.6. The number of benzene rings is 2. The Morgan fingerprint density at radius 1 is 1.08 bits per heavy atom. The summed E-state index contributed by atoms with van der Waals surface area (Å²) in [6.07, 6.45) is 1.28. The van der Waals surface area contributed by atoms with Crippen LogP contribution in [0.5, 0.6) is 5.75 Å². The van der Waals surface area contributed by atoms with Gasteiger partial charge in [-0.3, -0.25) is 9.79 Å². The van der Waals surface area contributed by atoms with Gasteiger partial charge in [-0.15, -0.1) is 0 Å². The van der Waals surface area contributed by atoms with E-state index in [4.69, 9.17) is 9.47 Å². The molecule has 0 saturated carbocycles. The summed E-state index contributed by atoms with van der Waals surface area (Å²) >= 11 is 0. The molecule has 2 rings (SSSR count). The van der Waals surface area contributed by atoms with Crippen molar-refractivity contribution < 1.29 is 19.1 Å². The maximum atomic E-state index is 12.3. The molecule has 0 aromatic heterocycles. The van der Waals surface area contributed by atoms with Gasteiger partial charge in [-0.1, -0.05) is 30.3 Å². The SMILES string of the molecule is COC(=O)c1cc(C(=O)/C=N/C(C)(C)C)ccc1OCc1ccccc1. The van der Waals surface area contributed by atoms with Crippen molar-refractivity contribution >= 4 is 18.0 Å². The number of esters is 1. The second-order valence-corrected chi connectivity index (χ2v) is 6.77. The Morgan fingerprint density at radius 3 is 2.38 bits per heavy atom. The normalized spacial score (nSPS) is 11.4. The highest BCUT2D eigenvalue weighted by Crippen LogP contribution is 2.23. The first-order valence-electron chi connectivity index (χ1n) is 8.29. The zero-order valence-electron chi connectivity index (χ0n) is 15.5. The lowest BCUT2D eigenvalue weighted by Crippen LogP contribution is -2.13. The molecular weight excluding hydrogens is 330 g/mol. The minimum Gasteiger partial charge on any atom is -0.488 e. The van der Waals surface area contributed by atoms with Crippen LogP contribution < -0.4 is 4.74 Å². The summed E-state index contributed by atoms with van der Waals surface area (Å²) in [7, 11) is 1.29. The molecule has 5 heteroatoms. The quantitative estimate of drug-likeness (QED) is 0.445. The van der Waals surface area contributed by atoms with E-state index in [-0.39, 0.29) is 16.9 Å². The Kier molecular flexibility index (Phi) is 6.28. The maximum Gasteiger partial charge on any atom is 0.341 e. The standard InChI is InChI=1S/C21H23NO4/c1-21(2,3)22-13-18(23)16-10-11-19(17(12-16)20(24)25-4)26-14-15-8-6-5-7-9-15/h5-13H,14H2,1-4H3/b22-13+. The van der Waals surface area contributed by atoms with Crippen LogP contribution in [-0.4, -0.2) is 30.6 Å². The summed E-state index contributed by atoms with van der Waals surface area (Å²) in [4.78, 5) is 28.6. The maximum absolute atomic E-state index is 12.3. The first kappa shape index (κ1) is 19.4. The van der Waals surface area contributed by atoms with E-state index in [0.717, 1.165) is 5.56 Å². The van der Waals surface area contributed by atoms with Crippen LogP contribution in [0.1, 0.15) is 47.1 Å². The molecule has 5 nitrogen and oxygen atoms in total. The molecule has 0 atom stereocenters. The van der Waals surface area contributed by atoms with Gasteiger partial charge in [0.05, 0.1) is 18.9 Å². The van der Waals surface area contributed by atoms with Crippen molar-refractivity contribution in [2.45, 2.75) is 32.9 Å². The number of hydrogen-bond acceptors (Lipinski definition) is 5. The first-order valence-corrected chi connectivity index (χ1v) is 8.29. The zero-order chi connectivity index (χ0) is 19.2. The van der Waals surface area contributed by atoms with Crippen molar-refractivity contribution in [2.24, 2.45) is 4.99 Å². The molecule has 0 N–H and O–H groups in total. The Balaban J connectivity index is 2.25. The van der Waals surface area contributed by atoms with Gasteiger partial charge in [0, 0.05) is 5.56 Å². The third kappa shape index (κ3) is 5.55. The monoisotopic (exact) mass is 353 g/mol. The highest BCUT2D eigenvalue weighted by atomic mass is 16.5. The fraction of sp³-hybridized carbons (Fsp3) is 0.286. The van der Waals surface area contributed by atoms with Crippen molar-refractivity contribution in [3.8, 4) is 5.75 Å². The molecule has 0 heterocycles. The molecule has 26 heavy (non-hydrogen) atoms. The number of ether oxygens (including phenoxy) is 2. The number of rotatable bonds is 6. The molecule has 2 aromatic carbocycles. The number of methoxy groups -OCH3 is 1. The largest absolute Gasteiger partial charge is 0.488 e. The average molecular weight is 353 g/mol. The molecule has 0 radical (unpaired) electrons. The summed E-state index contributed by atoms with van der Waals surface area (Å²) in [5, 5.41) is 0. The summed E-state index contributed by atoms with van der Waals surface area (Å²) in [6, 6.07) is 14.3. The fourth-order valence-electron chi connectivity index (χ4n) is 2.14. The molecule has 0 fully saturated rings. The van der Waals surface area contributed by atoms with Crippen molar-refractivity contribution in [2.75, 3.05) is 7.11 Å². The van der Waals surface area contributed by atoms with E-state index >= 15 is 0 Å². The van der Waals surface area contributed by atoms with E-state index in [2.05, 4.69) is 4.99 Å². The van der Waals surface area contributed by atoms with Gasteiger partial charge in [0.2, 0.25) is 5.78 Å². The number of carbonyl (C=O) groups excluding carboxylic acids is 2. The van der Waals surface area contributed by atoms with Crippen LogP contribution in [0.4, 0.5) is 0 Å². The van der Waals surface area contributed by atoms with Gasteiger partial charge in [0.1, 0.15) is 17.9 Å². The molecule has 0 aliphatic rings. The van der Waals surface area contributed by atoms with E-state index in [9.17, 15) is 9.59 Å². The smallest absolute Gasteiger partial charge is 0.341 e. The van der Waals surface area contributed by atoms with E-state index in [1.807, 2.05) is 51.1 Å². The van der Waals surface area contributed by atoms with Crippen molar-refractivity contribution in [3.05, 3.63) is 65.2 Å². The molecule has 0 bridgehead atoms. The van der Waals surface area contributed by atoms with Gasteiger partial charge in [-0.2, -0.15) is 0 Å². The van der Waals surface area contributed by atoms with Crippen LogP contribution in [0.25, 0.3) is 0 Å². The van der Waals surface area contributed by atoms with Crippen molar-refractivity contribution in [3.63, 3.8) is 0 Å². The summed E-state index contributed by atoms with van der Waals surface area (Å²) in [5.41, 5.74) is 1.18. The van der Waals surface area contributed by atoms with Gasteiger partial charge in [-0.05, 0) is 44.5 Å². The van der Waals surface area contributed by atoms with Gasteiger partial charge in [0.15, 0.2) is 0 Å². The van der Waals surface area contributed by atoms with Gasteiger partial charge < -0.3 is 9.47 Å². The van der Waals surface area contributed by atoms with Crippen LogP contribution >= 0.6 is 0 Å². The van der Waals surface area contributed by atoms with Crippen LogP contribution in [0.2, 0.25) is 0 Å². The van der Waals surface area contributed by atoms with Gasteiger partial charge >= 0.3 is 5.97 Å². The van der Waals surface area contributed by atoms with Crippen LogP contribution in [0.3, 0.4) is 0 Å². The lowest BCUT2D eigenvalue weighted by molar-refractivity contribution is 0.0595. The van der Waals surface area contributed by atoms with E-state index in [0.29, 0.717) is 17.9 Å². The lowest BCUT2D eigenvalue weighted by Gasteiger charge is -2.12. The predicted molar refractivity (Wildman–Crippen MR) is 101 cm³/mol. The first-order chi connectivity index (χ1) is 12.3. The second-order valence-electron chi connectivity index (χ2n) is 6.77. The molecule has 0 spiro atoms. The molecule has 136 valence electrons. The summed E-state index contributed by atoms with van der Waals surface area (Å²) in [6.45, 7) is 6.01. The molecule has 0 aliphatic heterocycles. The average Bonchev–Trinajstić information content (AvgIpc) is 2.64. The van der Waals surface area contributed by atoms with Gasteiger partial charge in [0.25, 0.3) is 0 Å². The topological polar surface area (TPSA) is 65.0 Å². The highest BCUT2D eigenvalue weighted by molar-refractivity contribution is 6.35. The van der Waals surface area contributed by atoms with Crippen molar-refractivity contribution in [1.82, 2.24) is 0 Å². The molecule has 0 unspecified atom stereocenters. The summed E-state index contributed by atoms with van der Waals surface area (Å²) in [5.74, 6) is -0.472. The number of nitrogens with zero attached hydrogens (tertiary/aromatic N) is 1. The van der Waals surface area contributed by atoms with Crippen molar-refractivity contribution in [1.29, 1.82) is 0 Å². The molecule has 2 aromatic rings. The zero-order valence-corrected chi connectivity index (χ0v) is 15.5. The number of Topliss-reactive ketones (excluding diaryl/α,β-unsaturated/α-hetero) is 1. The Morgan fingerprint density at radius 2 is 1.77 bits per heavy atom. The van der Waals surface area contributed by atoms with Crippen LogP contribution in [0, 0.1) is 0 Å². The third-order valence-electron chi connectivity index (χ3n) is 3.48. The van der Waals surface area contributed by atoms with E-state index < -0.39 is 5.97 Å². The second kappa shape index (κ2) is 8.43. The number of ketones is 1. The Hall–Kier alpha value is -2.95. The van der Waals surface area contributed by atoms with E-state index in [1.165, 1.54) is 19.4 Å². The van der Waals surface area contributed by atoms with Crippen LogP contribution in [0.15, 0.2) is 53.5 Å². The van der Waals surface area contributed by atoms with E-state index in [1.54, 1.807) is 12.1 Å². The Labute approximate surface area is 153 Å². The predicted octanol–water partition coefficient (Wildman–Crippen LogP) is 4.10. The molecule has 0 saturated heterocycles. The highest BCUT2D eigenvalue weighted by Gasteiger charge is 2.17. The molecule has 0 amide bonds. The van der Waals surface area contributed by atoms with Crippen LogP contribution in [-0.2, 0) is 11.3 Å². The minimum atomic E-state index is -0.560. The third-order valence-corrected chi connectivity index (χ3v) is 3.48. The number of hydrogen-bond donors (Lipinski definition) is 0. The lowest BCUT2D eigenvalue weighted by atomic mass is 10.1.